The number of pyridine rings is 1. The Balaban J connectivity index is 2.59. The van der Waals surface area contributed by atoms with Crippen molar-refractivity contribution < 1.29 is 19.7 Å². The second kappa shape index (κ2) is 4.75. The highest BCUT2D eigenvalue weighted by Crippen LogP contribution is 2.28. The summed E-state index contributed by atoms with van der Waals surface area (Å²) in [5.74, 6) is -0.660. The molecule has 0 bridgehead atoms. The molecule has 5 heteroatoms. The van der Waals surface area contributed by atoms with E-state index in [1.54, 1.807) is 12.3 Å². The summed E-state index contributed by atoms with van der Waals surface area (Å²) in [5.41, 5.74) is 1.11. The maximum Gasteiger partial charge on any atom is 0.336 e. The van der Waals surface area contributed by atoms with E-state index in [-0.39, 0.29) is 11.3 Å². The lowest BCUT2D eigenvalue weighted by atomic mass is 10.0. The molecule has 2 N–H and O–H groups in total. The Hall–Kier alpha value is -2.56. The van der Waals surface area contributed by atoms with Gasteiger partial charge in [-0.1, -0.05) is 0 Å². The van der Waals surface area contributed by atoms with E-state index in [0.717, 1.165) is 0 Å². The molecule has 0 aliphatic rings. The van der Waals surface area contributed by atoms with Gasteiger partial charge in [0.25, 0.3) is 0 Å². The van der Waals surface area contributed by atoms with Crippen molar-refractivity contribution in [1.82, 2.24) is 4.98 Å². The molecule has 1 aromatic carbocycles. The number of ether oxygens (including phenoxy) is 1. The van der Waals surface area contributed by atoms with Gasteiger partial charge in [0.1, 0.15) is 11.5 Å². The van der Waals surface area contributed by atoms with Crippen LogP contribution in [-0.2, 0) is 0 Å². The van der Waals surface area contributed by atoms with Crippen molar-refractivity contribution in [2.75, 3.05) is 7.11 Å². The summed E-state index contributed by atoms with van der Waals surface area (Å²) in [6.45, 7) is 0. The number of carboxylic acids is 1. The molecule has 0 aliphatic heterocycles. The molecule has 1 heterocycles. The first-order chi connectivity index (χ1) is 8.61. The maximum atomic E-state index is 11.1. The van der Waals surface area contributed by atoms with Gasteiger partial charge in [-0.05, 0) is 29.8 Å². The van der Waals surface area contributed by atoms with Crippen molar-refractivity contribution in [1.29, 1.82) is 0 Å². The van der Waals surface area contributed by atoms with Crippen LogP contribution in [0.1, 0.15) is 10.4 Å². The number of rotatable bonds is 3. The second-order valence-corrected chi connectivity index (χ2v) is 3.65. The third-order valence-corrected chi connectivity index (χ3v) is 2.49. The van der Waals surface area contributed by atoms with E-state index in [1.165, 1.54) is 31.5 Å². The minimum atomic E-state index is -1.11. The quantitative estimate of drug-likeness (QED) is 0.866. The van der Waals surface area contributed by atoms with Crippen LogP contribution in [0, 0.1) is 0 Å². The fraction of sp³-hybridized carbons (Fsp3) is 0.0769. The van der Waals surface area contributed by atoms with E-state index < -0.39 is 5.97 Å². The largest absolute Gasteiger partial charge is 0.508 e. The average Bonchev–Trinajstić information content (AvgIpc) is 2.38. The lowest BCUT2D eigenvalue weighted by molar-refractivity contribution is 0.0697. The fourth-order valence-electron chi connectivity index (χ4n) is 1.64. The molecule has 2 aromatic rings. The van der Waals surface area contributed by atoms with Crippen molar-refractivity contribution in [3.63, 3.8) is 0 Å². The SMILES string of the molecule is COc1cncc(-c2ccc(O)cc2C(=O)O)c1. The first-order valence-corrected chi connectivity index (χ1v) is 5.17. The van der Waals surface area contributed by atoms with Crippen LogP contribution in [0.15, 0.2) is 36.7 Å². The van der Waals surface area contributed by atoms with Gasteiger partial charge in [0, 0.05) is 11.8 Å². The summed E-state index contributed by atoms with van der Waals surface area (Å²) < 4.78 is 5.04. The van der Waals surface area contributed by atoms with E-state index in [2.05, 4.69) is 4.98 Å². The van der Waals surface area contributed by atoms with Crippen molar-refractivity contribution in [2.24, 2.45) is 0 Å². The number of aromatic nitrogens is 1. The predicted molar refractivity (Wildman–Crippen MR) is 64.8 cm³/mol. The van der Waals surface area contributed by atoms with Crippen LogP contribution in [0.4, 0.5) is 0 Å². The molecule has 0 saturated heterocycles. The molecule has 1 aromatic heterocycles. The Morgan fingerprint density at radius 1 is 1.28 bits per heavy atom. The first-order valence-electron chi connectivity index (χ1n) is 5.17. The molecule has 0 fully saturated rings. The van der Waals surface area contributed by atoms with E-state index >= 15 is 0 Å². The zero-order chi connectivity index (χ0) is 13.1. The topological polar surface area (TPSA) is 79.7 Å². The lowest BCUT2D eigenvalue weighted by Gasteiger charge is -2.08. The normalized spacial score (nSPS) is 10.1. The highest BCUT2D eigenvalue weighted by molar-refractivity contribution is 5.96. The van der Waals surface area contributed by atoms with Crippen LogP contribution >= 0.6 is 0 Å². The summed E-state index contributed by atoms with van der Waals surface area (Å²) in [4.78, 5) is 15.1. The van der Waals surface area contributed by atoms with Gasteiger partial charge >= 0.3 is 5.97 Å². The van der Waals surface area contributed by atoms with Crippen LogP contribution in [0.3, 0.4) is 0 Å². The van der Waals surface area contributed by atoms with Gasteiger partial charge in [0.05, 0.1) is 18.9 Å². The fourth-order valence-corrected chi connectivity index (χ4v) is 1.64. The Kier molecular flexibility index (Phi) is 3.14. The molecule has 18 heavy (non-hydrogen) atoms. The van der Waals surface area contributed by atoms with Crippen LogP contribution in [0.5, 0.6) is 11.5 Å². The molecule has 0 aliphatic carbocycles. The van der Waals surface area contributed by atoms with E-state index in [9.17, 15) is 9.90 Å². The van der Waals surface area contributed by atoms with Crippen molar-refractivity contribution in [3.05, 3.63) is 42.2 Å². The van der Waals surface area contributed by atoms with Crippen LogP contribution in [0.25, 0.3) is 11.1 Å². The summed E-state index contributed by atoms with van der Waals surface area (Å²) in [7, 11) is 1.51. The van der Waals surface area contributed by atoms with Gasteiger partial charge in [-0.3, -0.25) is 4.98 Å². The predicted octanol–water partition coefficient (Wildman–Crippen LogP) is 2.16. The molecule has 5 nitrogen and oxygen atoms in total. The molecular formula is C13H11NO4. The number of phenolic OH excluding ortho intramolecular Hbond substituents is 1. The molecule has 0 saturated carbocycles. The van der Waals surface area contributed by atoms with Crippen molar-refractivity contribution >= 4 is 5.97 Å². The Bertz CT molecular complexity index is 595. The molecular weight excluding hydrogens is 234 g/mol. The third kappa shape index (κ3) is 2.24. The number of carbonyl (C=O) groups is 1. The molecule has 0 spiro atoms. The van der Waals surface area contributed by atoms with Crippen LogP contribution in [-0.4, -0.2) is 28.3 Å². The lowest BCUT2D eigenvalue weighted by Crippen LogP contribution is -1.99. The number of methoxy groups -OCH3 is 1. The van der Waals surface area contributed by atoms with Gasteiger partial charge in [0.15, 0.2) is 0 Å². The van der Waals surface area contributed by atoms with Crippen LogP contribution < -0.4 is 4.74 Å². The standard InChI is InChI=1S/C13H11NO4/c1-18-10-4-8(6-14-7-10)11-3-2-9(15)5-12(11)13(16)17/h2-7,15H,1H3,(H,16,17). The maximum absolute atomic E-state index is 11.1. The highest BCUT2D eigenvalue weighted by atomic mass is 16.5. The summed E-state index contributed by atoms with van der Waals surface area (Å²) >= 11 is 0. The van der Waals surface area contributed by atoms with E-state index in [4.69, 9.17) is 9.84 Å². The van der Waals surface area contributed by atoms with Crippen molar-refractivity contribution in [2.45, 2.75) is 0 Å². The number of nitrogens with zero attached hydrogens (tertiary/aromatic N) is 1. The number of aromatic carboxylic acids is 1. The number of benzene rings is 1. The first kappa shape index (κ1) is 11.9. The van der Waals surface area contributed by atoms with Gasteiger partial charge in [-0.2, -0.15) is 0 Å². The number of hydrogen-bond acceptors (Lipinski definition) is 4. The van der Waals surface area contributed by atoms with Gasteiger partial charge < -0.3 is 14.9 Å². The van der Waals surface area contributed by atoms with E-state index in [0.29, 0.717) is 16.9 Å². The van der Waals surface area contributed by atoms with Crippen molar-refractivity contribution in [3.8, 4) is 22.6 Å². The Labute approximate surface area is 103 Å². The second-order valence-electron chi connectivity index (χ2n) is 3.65. The zero-order valence-corrected chi connectivity index (χ0v) is 9.62. The summed E-state index contributed by atoms with van der Waals surface area (Å²) in [5, 5.41) is 18.4. The average molecular weight is 245 g/mol. The number of phenols is 1. The Morgan fingerprint density at radius 3 is 2.72 bits per heavy atom. The molecule has 0 amide bonds. The molecule has 0 radical (unpaired) electrons. The summed E-state index contributed by atoms with van der Waals surface area (Å²) in [6, 6.07) is 5.86. The zero-order valence-electron chi connectivity index (χ0n) is 9.62. The smallest absolute Gasteiger partial charge is 0.336 e. The number of carboxylic acid groups (broad SMARTS) is 1. The summed E-state index contributed by atoms with van der Waals surface area (Å²) in [6.07, 6.45) is 3.08. The molecule has 0 atom stereocenters. The van der Waals surface area contributed by atoms with Crippen LogP contribution in [0.2, 0.25) is 0 Å². The molecule has 0 unspecified atom stereocenters. The monoisotopic (exact) mass is 245 g/mol. The minimum absolute atomic E-state index is 0.0186. The highest BCUT2D eigenvalue weighted by Gasteiger charge is 2.13. The Morgan fingerprint density at radius 2 is 2.06 bits per heavy atom. The third-order valence-electron chi connectivity index (χ3n) is 2.49. The molecule has 92 valence electrons. The van der Waals surface area contributed by atoms with Gasteiger partial charge in [-0.25, -0.2) is 4.79 Å². The molecule has 2 rings (SSSR count). The van der Waals surface area contributed by atoms with Gasteiger partial charge in [0.2, 0.25) is 0 Å². The number of aromatic hydroxyl groups is 1. The van der Waals surface area contributed by atoms with Gasteiger partial charge in [-0.15, -0.1) is 0 Å². The number of hydrogen-bond donors (Lipinski definition) is 2. The minimum Gasteiger partial charge on any atom is -0.508 e. The van der Waals surface area contributed by atoms with E-state index in [1.807, 2.05) is 0 Å².